The van der Waals surface area contributed by atoms with E-state index >= 15 is 0 Å². The molecule has 0 N–H and O–H groups in total. The Morgan fingerprint density at radius 1 is 0.294 bits per heavy atom. The maximum Gasteiger partial charge on any atom is 0.0727 e. The molecule has 0 bridgehead atoms. The van der Waals surface area contributed by atoms with E-state index in [-0.39, 0.29) is 0 Å². The van der Waals surface area contributed by atoms with Crippen molar-refractivity contribution in [3.8, 4) is 33.4 Å². The van der Waals surface area contributed by atoms with Crippen molar-refractivity contribution in [1.82, 2.24) is 0 Å². The van der Waals surface area contributed by atoms with Crippen LogP contribution in [-0.2, 0) is 5.41 Å². The molecule has 68 heavy (non-hydrogen) atoms. The van der Waals surface area contributed by atoms with Crippen LogP contribution in [0.1, 0.15) is 22.3 Å². The second kappa shape index (κ2) is 15.3. The predicted octanol–water partition coefficient (Wildman–Crippen LogP) is 18.2. The minimum Gasteiger partial charge on any atom is -0.310 e. The second-order valence-electron chi connectivity index (χ2n) is 18.0. The molecule has 0 saturated carbocycles. The molecule has 1 atom stereocenters. The van der Waals surface area contributed by atoms with E-state index in [0.717, 1.165) is 28.4 Å². The molecule has 0 amide bonds. The summed E-state index contributed by atoms with van der Waals surface area (Å²) in [6, 6.07) is 94.5. The van der Waals surface area contributed by atoms with Gasteiger partial charge in [-0.2, -0.15) is 0 Å². The summed E-state index contributed by atoms with van der Waals surface area (Å²) in [6.45, 7) is 0. The summed E-state index contributed by atoms with van der Waals surface area (Å²) < 4.78 is 2.58. The quantitative estimate of drug-likeness (QED) is 0.157. The molecule has 1 unspecified atom stereocenters. The molecule has 1 spiro atoms. The number of hydrogen-bond acceptors (Lipinski definition) is 3. The topological polar surface area (TPSA) is 6.48 Å². The third-order valence-electron chi connectivity index (χ3n) is 14.4. The van der Waals surface area contributed by atoms with Crippen molar-refractivity contribution in [2.75, 3.05) is 9.80 Å². The summed E-state index contributed by atoms with van der Waals surface area (Å²) in [5.41, 5.74) is 18.8. The Kier molecular flexibility index (Phi) is 8.71. The summed E-state index contributed by atoms with van der Waals surface area (Å²) in [5.74, 6) is 0. The molecule has 0 saturated heterocycles. The molecule has 2 nitrogen and oxygen atoms in total. The molecule has 14 rings (SSSR count). The van der Waals surface area contributed by atoms with Crippen LogP contribution >= 0.6 is 11.3 Å². The van der Waals surface area contributed by atoms with E-state index in [9.17, 15) is 0 Å². The van der Waals surface area contributed by atoms with E-state index in [1.54, 1.807) is 0 Å². The summed E-state index contributed by atoms with van der Waals surface area (Å²) in [4.78, 5) is 4.96. The summed E-state index contributed by atoms with van der Waals surface area (Å²) in [6.07, 6.45) is 0. The number of rotatable bonds is 7. The smallest absolute Gasteiger partial charge is 0.0727 e. The van der Waals surface area contributed by atoms with Gasteiger partial charge >= 0.3 is 0 Å². The van der Waals surface area contributed by atoms with Crippen LogP contribution in [0, 0.1) is 0 Å². The number of fused-ring (bicyclic) bond motifs is 14. The maximum atomic E-state index is 2.51. The van der Waals surface area contributed by atoms with Crippen LogP contribution < -0.4 is 9.80 Å². The van der Waals surface area contributed by atoms with Crippen molar-refractivity contribution in [3.05, 3.63) is 277 Å². The van der Waals surface area contributed by atoms with E-state index in [1.807, 2.05) is 11.3 Å². The van der Waals surface area contributed by atoms with Gasteiger partial charge in [-0.05, 0) is 140 Å². The lowest BCUT2D eigenvalue weighted by Gasteiger charge is -2.34. The van der Waals surface area contributed by atoms with Gasteiger partial charge in [0.2, 0.25) is 0 Å². The lowest BCUT2D eigenvalue weighted by atomic mass is 9.70. The maximum absolute atomic E-state index is 2.51. The second-order valence-corrected chi connectivity index (χ2v) is 19.1. The van der Waals surface area contributed by atoms with Gasteiger partial charge < -0.3 is 9.80 Å². The zero-order valence-electron chi connectivity index (χ0n) is 37.1. The van der Waals surface area contributed by atoms with Gasteiger partial charge in [0, 0.05) is 48.5 Å². The summed E-state index contributed by atoms with van der Waals surface area (Å²) >= 11 is 1.86. The molecule has 2 aliphatic carbocycles. The van der Waals surface area contributed by atoms with Gasteiger partial charge in [-0.1, -0.05) is 176 Å². The number of nitrogens with zero attached hydrogens (tertiary/aromatic N) is 2. The van der Waals surface area contributed by atoms with Gasteiger partial charge in [0.05, 0.1) is 16.8 Å². The van der Waals surface area contributed by atoms with Gasteiger partial charge in [-0.15, -0.1) is 11.3 Å². The van der Waals surface area contributed by atoms with E-state index < -0.39 is 5.41 Å². The number of anilines is 6. The molecular formula is C65H42N2S. The zero-order valence-corrected chi connectivity index (χ0v) is 37.9. The molecule has 11 aromatic carbocycles. The van der Waals surface area contributed by atoms with Gasteiger partial charge in [0.25, 0.3) is 0 Å². The lowest BCUT2D eigenvalue weighted by molar-refractivity contribution is 0.793. The highest BCUT2D eigenvalue weighted by Crippen LogP contribution is 2.64. The van der Waals surface area contributed by atoms with E-state index in [2.05, 4.69) is 265 Å². The Labute approximate surface area is 399 Å². The van der Waals surface area contributed by atoms with Crippen molar-refractivity contribution < 1.29 is 0 Å². The average molecular weight is 883 g/mol. The normalized spacial score (nSPS) is 14.2. The van der Waals surface area contributed by atoms with Crippen molar-refractivity contribution in [3.63, 3.8) is 0 Å². The Morgan fingerprint density at radius 2 is 0.779 bits per heavy atom. The van der Waals surface area contributed by atoms with Gasteiger partial charge in [0.15, 0.2) is 0 Å². The largest absolute Gasteiger partial charge is 0.310 e. The fourth-order valence-electron chi connectivity index (χ4n) is 11.6. The molecule has 2 aliphatic rings. The third-order valence-corrected chi connectivity index (χ3v) is 15.5. The Morgan fingerprint density at radius 3 is 1.41 bits per heavy atom. The van der Waals surface area contributed by atoms with Crippen LogP contribution in [-0.4, -0.2) is 0 Å². The SMILES string of the molecule is c1ccc(-c2cc3ccccc3cc2N(c2ccccc2)c2ccc3c(c2)C2(c4ccccc4-3)c3ccccc3-c3ccc(N(c4ccccc4)c4cccc5sc6ccccc6c45)cc32)cc1. The first-order valence-corrected chi connectivity index (χ1v) is 24.2. The lowest BCUT2D eigenvalue weighted by Crippen LogP contribution is -2.26. The molecule has 1 heterocycles. The number of para-hydroxylation sites is 2. The fourth-order valence-corrected chi connectivity index (χ4v) is 12.7. The molecule has 0 radical (unpaired) electrons. The summed E-state index contributed by atoms with van der Waals surface area (Å²) in [5, 5.41) is 4.98. The zero-order chi connectivity index (χ0) is 44.8. The van der Waals surface area contributed by atoms with Crippen molar-refractivity contribution in [2.24, 2.45) is 0 Å². The van der Waals surface area contributed by atoms with E-state index in [0.29, 0.717) is 0 Å². The highest BCUT2D eigenvalue weighted by atomic mass is 32.1. The molecule has 12 aromatic rings. The first-order valence-electron chi connectivity index (χ1n) is 23.4. The molecule has 1 aromatic heterocycles. The Balaban J connectivity index is 1.04. The van der Waals surface area contributed by atoms with Crippen molar-refractivity contribution in [2.45, 2.75) is 5.41 Å². The average Bonchev–Trinajstić information content (AvgIpc) is 4.04. The van der Waals surface area contributed by atoms with Gasteiger partial charge in [-0.3, -0.25) is 0 Å². The van der Waals surface area contributed by atoms with Crippen LogP contribution in [0.2, 0.25) is 0 Å². The number of thiophene rings is 1. The van der Waals surface area contributed by atoms with Crippen LogP contribution in [0.5, 0.6) is 0 Å². The Hall–Kier alpha value is -8.50. The standard InChI is InChI=1S/C65H42N2S/c1-4-19-43(20-5-1)55-39-44-21-10-11-22-45(44)40-61(55)67(47-25-8-3-9-26-47)49-36-38-53-51-28-13-16-31-57(51)65(59(53)42-49)56-30-15-12-27-50(56)52-37-35-48(41-58(52)65)66(46-23-6-2-7-24-46)60-32-18-34-63-64(60)54-29-14-17-33-62(54)68-63/h1-42H. The van der Waals surface area contributed by atoms with Gasteiger partial charge in [-0.25, -0.2) is 0 Å². The van der Waals surface area contributed by atoms with Crippen LogP contribution in [0.3, 0.4) is 0 Å². The van der Waals surface area contributed by atoms with Crippen molar-refractivity contribution in [1.29, 1.82) is 0 Å². The predicted molar refractivity (Wildman–Crippen MR) is 288 cm³/mol. The van der Waals surface area contributed by atoms with Gasteiger partial charge in [0.1, 0.15) is 0 Å². The van der Waals surface area contributed by atoms with E-state index in [4.69, 9.17) is 0 Å². The minimum absolute atomic E-state index is 0.596. The highest BCUT2D eigenvalue weighted by Gasteiger charge is 2.52. The number of hydrogen-bond donors (Lipinski definition) is 0. The van der Waals surface area contributed by atoms with Crippen LogP contribution in [0.25, 0.3) is 64.3 Å². The molecule has 318 valence electrons. The minimum atomic E-state index is -0.596. The third kappa shape index (κ3) is 5.70. The van der Waals surface area contributed by atoms with Crippen LogP contribution in [0.4, 0.5) is 34.1 Å². The first kappa shape index (κ1) is 38.7. The highest BCUT2D eigenvalue weighted by molar-refractivity contribution is 7.26. The van der Waals surface area contributed by atoms with Crippen molar-refractivity contribution >= 4 is 76.4 Å². The molecular weight excluding hydrogens is 841 g/mol. The monoisotopic (exact) mass is 882 g/mol. The van der Waals surface area contributed by atoms with Crippen LogP contribution in [0.15, 0.2) is 255 Å². The Bertz CT molecular complexity index is 3920. The van der Waals surface area contributed by atoms with E-state index in [1.165, 1.54) is 92.3 Å². The fraction of sp³-hybridized carbons (Fsp3) is 0.0154. The number of benzene rings is 11. The summed E-state index contributed by atoms with van der Waals surface area (Å²) in [7, 11) is 0. The molecule has 0 aliphatic heterocycles. The first-order chi connectivity index (χ1) is 33.7. The molecule has 3 heteroatoms. The molecule has 0 fully saturated rings.